The van der Waals surface area contributed by atoms with Crippen LogP contribution in [0, 0.1) is 0 Å². The molecule has 4 aromatic rings. The van der Waals surface area contributed by atoms with Crippen molar-refractivity contribution in [2.75, 3.05) is 6.26 Å². The van der Waals surface area contributed by atoms with E-state index in [4.69, 9.17) is 0 Å². The summed E-state index contributed by atoms with van der Waals surface area (Å²) in [6.45, 7) is 1.78. The Morgan fingerprint density at radius 3 is 2.52 bits per heavy atom. The molecule has 0 spiro atoms. The van der Waals surface area contributed by atoms with Gasteiger partial charge in [-0.05, 0) is 59.5 Å². The van der Waals surface area contributed by atoms with E-state index in [1.165, 1.54) is 0 Å². The van der Waals surface area contributed by atoms with Crippen molar-refractivity contribution in [2.24, 2.45) is 0 Å². The zero-order valence-corrected chi connectivity index (χ0v) is 17.1. The first-order valence-corrected chi connectivity index (χ1v) is 11.0. The molecule has 4 nitrogen and oxygen atoms in total. The number of aromatic nitrogens is 2. The third-order valence-electron chi connectivity index (χ3n) is 4.87. The molecule has 4 rings (SSSR count). The maximum atomic E-state index is 11.5. The summed E-state index contributed by atoms with van der Waals surface area (Å²) < 4.78 is 11.5. The van der Waals surface area contributed by atoms with Gasteiger partial charge in [0.1, 0.15) is 5.82 Å². The van der Waals surface area contributed by atoms with Crippen LogP contribution in [0.5, 0.6) is 0 Å². The third-order valence-corrected chi connectivity index (χ3v) is 5.80. The zero-order chi connectivity index (χ0) is 20.4. The predicted molar refractivity (Wildman–Crippen MR) is 120 cm³/mol. The van der Waals surface area contributed by atoms with Crippen molar-refractivity contribution >= 4 is 34.0 Å². The van der Waals surface area contributed by atoms with E-state index < -0.39 is 16.9 Å². The van der Waals surface area contributed by atoms with Crippen LogP contribution >= 0.6 is 0 Å². The highest BCUT2D eigenvalue weighted by molar-refractivity contribution is 7.84. The van der Waals surface area contributed by atoms with E-state index in [9.17, 15) is 9.32 Å². The minimum Gasteiger partial charge on any atom is -0.389 e. The lowest BCUT2D eigenvalue weighted by Crippen LogP contribution is -1.94. The highest BCUT2D eigenvalue weighted by Crippen LogP contribution is 2.30. The molecule has 0 aliphatic carbocycles. The van der Waals surface area contributed by atoms with Gasteiger partial charge >= 0.3 is 0 Å². The zero-order valence-electron chi connectivity index (χ0n) is 16.3. The Labute approximate surface area is 172 Å². The molecule has 5 heteroatoms. The summed E-state index contributed by atoms with van der Waals surface area (Å²) >= 11 is 0. The Balaban J connectivity index is 1.63. The highest BCUT2D eigenvalue weighted by Gasteiger charge is 2.10. The molecular formula is C24H22N2O2S. The first-order chi connectivity index (χ1) is 14.0. The molecule has 0 radical (unpaired) electrons. The van der Waals surface area contributed by atoms with Gasteiger partial charge in [0.2, 0.25) is 0 Å². The van der Waals surface area contributed by atoms with E-state index in [-0.39, 0.29) is 0 Å². The average molecular weight is 403 g/mol. The molecule has 29 heavy (non-hydrogen) atoms. The molecule has 0 saturated carbocycles. The number of aliphatic hydroxyl groups excluding tert-OH is 1. The number of nitrogens with one attached hydrogen (secondary N) is 1. The largest absolute Gasteiger partial charge is 0.389 e. The molecule has 1 heterocycles. The fourth-order valence-corrected chi connectivity index (χ4v) is 3.87. The Bertz CT molecular complexity index is 1210. The Morgan fingerprint density at radius 2 is 1.79 bits per heavy atom. The van der Waals surface area contributed by atoms with Crippen LogP contribution in [0.2, 0.25) is 0 Å². The van der Waals surface area contributed by atoms with Crippen molar-refractivity contribution in [2.45, 2.75) is 17.9 Å². The van der Waals surface area contributed by atoms with E-state index in [0.717, 1.165) is 44.0 Å². The molecule has 2 unspecified atom stereocenters. The fraction of sp³-hybridized carbons (Fsp3) is 0.125. The number of aromatic amines is 1. The number of hydrogen-bond donors (Lipinski definition) is 2. The monoisotopic (exact) mass is 402 g/mol. The number of benzene rings is 3. The lowest BCUT2D eigenvalue weighted by molar-refractivity contribution is 0.200. The van der Waals surface area contributed by atoms with Gasteiger partial charge in [0.25, 0.3) is 0 Å². The van der Waals surface area contributed by atoms with Crippen molar-refractivity contribution in [3.63, 3.8) is 0 Å². The van der Waals surface area contributed by atoms with E-state index in [1.54, 1.807) is 13.2 Å². The minimum absolute atomic E-state index is 0.529. The van der Waals surface area contributed by atoms with Crippen LogP contribution < -0.4 is 0 Å². The number of imidazole rings is 1. The van der Waals surface area contributed by atoms with Gasteiger partial charge in [0.05, 0.1) is 17.1 Å². The molecule has 0 aliphatic rings. The number of hydrogen-bond acceptors (Lipinski definition) is 3. The molecule has 2 atom stereocenters. The lowest BCUT2D eigenvalue weighted by Gasteiger charge is -2.11. The average Bonchev–Trinajstić information content (AvgIpc) is 3.14. The van der Waals surface area contributed by atoms with Crippen molar-refractivity contribution in [3.8, 4) is 11.1 Å². The predicted octanol–water partition coefficient (Wildman–Crippen LogP) is 5.19. The number of rotatable bonds is 5. The van der Waals surface area contributed by atoms with Gasteiger partial charge < -0.3 is 10.1 Å². The van der Waals surface area contributed by atoms with Gasteiger partial charge in [-0.25, -0.2) is 4.98 Å². The normalized spacial score (nSPS) is 13.8. The molecule has 1 aromatic heterocycles. The summed E-state index contributed by atoms with van der Waals surface area (Å²) in [7, 11) is -0.969. The van der Waals surface area contributed by atoms with Crippen LogP contribution in [-0.4, -0.2) is 25.5 Å². The van der Waals surface area contributed by atoms with Gasteiger partial charge in [-0.15, -0.1) is 0 Å². The highest BCUT2D eigenvalue weighted by atomic mass is 32.2. The summed E-state index contributed by atoms with van der Waals surface area (Å²) in [5, 5.41) is 10.1. The first kappa shape index (κ1) is 19.3. The van der Waals surface area contributed by atoms with E-state index in [0.29, 0.717) is 0 Å². The summed E-state index contributed by atoms with van der Waals surface area (Å²) in [5.41, 5.74) is 5.81. The Hall–Kier alpha value is -3.02. The van der Waals surface area contributed by atoms with Crippen molar-refractivity contribution in [3.05, 3.63) is 83.7 Å². The number of fused-ring (bicyclic) bond motifs is 1. The van der Waals surface area contributed by atoms with Gasteiger partial charge in [-0.1, -0.05) is 48.5 Å². The molecule has 3 aromatic carbocycles. The standard InChI is InChI=1S/C24H22N2O2S/c1-16(27)20-5-3-4-6-21(20)18-10-13-22-23(15-18)26-24(25-22)14-9-17-7-11-19(12-8-17)29(2)28/h3-16,27H,1-2H3,(H,25,26)/b14-9+. The van der Waals surface area contributed by atoms with Crippen LogP contribution in [0.15, 0.2) is 71.6 Å². The molecule has 0 saturated heterocycles. The second-order valence-corrected chi connectivity index (χ2v) is 8.35. The molecule has 0 amide bonds. The smallest absolute Gasteiger partial charge is 0.131 e. The van der Waals surface area contributed by atoms with Gasteiger partial charge in [-0.2, -0.15) is 0 Å². The van der Waals surface area contributed by atoms with Gasteiger partial charge in [0, 0.05) is 22.0 Å². The van der Waals surface area contributed by atoms with Crippen LogP contribution in [0.1, 0.15) is 30.0 Å². The quantitative estimate of drug-likeness (QED) is 0.483. The minimum atomic E-state index is -0.969. The number of nitrogens with zero attached hydrogens (tertiary/aromatic N) is 1. The SMILES string of the molecule is CC(O)c1ccccc1-c1ccc2nc(/C=C/c3ccc(S(C)=O)cc3)[nH]c2c1. The molecular weight excluding hydrogens is 380 g/mol. The Kier molecular flexibility index (Phi) is 5.43. The van der Waals surface area contributed by atoms with Crippen LogP contribution in [0.25, 0.3) is 34.3 Å². The second-order valence-electron chi connectivity index (χ2n) is 6.97. The molecule has 146 valence electrons. The fourth-order valence-electron chi connectivity index (χ4n) is 3.35. The summed E-state index contributed by atoms with van der Waals surface area (Å²) in [5.74, 6) is 0.768. The molecule has 0 aliphatic heterocycles. The maximum absolute atomic E-state index is 11.5. The Morgan fingerprint density at radius 1 is 1.03 bits per heavy atom. The summed E-state index contributed by atoms with van der Waals surface area (Å²) in [6, 6.07) is 21.6. The van der Waals surface area contributed by atoms with Crippen LogP contribution in [-0.2, 0) is 10.8 Å². The van der Waals surface area contributed by atoms with E-state index in [2.05, 4.69) is 16.0 Å². The third kappa shape index (κ3) is 4.21. The molecule has 2 N–H and O–H groups in total. The van der Waals surface area contributed by atoms with Crippen LogP contribution in [0.3, 0.4) is 0 Å². The maximum Gasteiger partial charge on any atom is 0.131 e. The lowest BCUT2D eigenvalue weighted by atomic mass is 9.96. The molecule has 0 bridgehead atoms. The number of H-pyrrole nitrogens is 1. The van der Waals surface area contributed by atoms with Crippen LogP contribution in [0.4, 0.5) is 0 Å². The van der Waals surface area contributed by atoms with E-state index in [1.807, 2.05) is 72.8 Å². The van der Waals surface area contributed by atoms with Crippen molar-refractivity contribution in [1.29, 1.82) is 0 Å². The topological polar surface area (TPSA) is 66.0 Å². The summed E-state index contributed by atoms with van der Waals surface area (Å²) in [4.78, 5) is 8.79. The molecule has 0 fully saturated rings. The van der Waals surface area contributed by atoms with E-state index >= 15 is 0 Å². The number of aliphatic hydroxyl groups is 1. The van der Waals surface area contributed by atoms with Gasteiger partial charge in [-0.3, -0.25) is 4.21 Å². The second kappa shape index (κ2) is 8.15. The summed E-state index contributed by atoms with van der Waals surface area (Å²) in [6.07, 6.45) is 5.05. The van der Waals surface area contributed by atoms with Crippen molar-refractivity contribution < 1.29 is 9.32 Å². The first-order valence-electron chi connectivity index (χ1n) is 9.40. The van der Waals surface area contributed by atoms with Crippen molar-refractivity contribution in [1.82, 2.24) is 9.97 Å². The van der Waals surface area contributed by atoms with Gasteiger partial charge in [0.15, 0.2) is 0 Å².